The Balaban J connectivity index is 2.33. The number of carbonyl (C=O) groups is 1. The third kappa shape index (κ3) is 5.36. The molecule has 0 saturated heterocycles. The number of hydrogen-bond acceptors (Lipinski definition) is 1. The maximum atomic E-state index is 11.3. The molecule has 0 saturated carbocycles. The average molecular weight is 253 g/mol. The summed E-state index contributed by atoms with van der Waals surface area (Å²) in [7, 11) is 0. The number of ketones is 1. The zero-order valence-electron chi connectivity index (χ0n) is 10.5. The predicted octanol–water partition coefficient (Wildman–Crippen LogP) is 4.62. The van der Waals surface area contributed by atoms with E-state index in [1.165, 1.54) is 37.7 Å². The van der Waals surface area contributed by atoms with E-state index in [4.69, 9.17) is 11.6 Å². The molecule has 1 rings (SSSR count). The molecule has 0 atom stereocenters. The Morgan fingerprint density at radius 2 is 1.71 bits per heavy atom. The van der Waals surface area contributed by atoms with E-state index in [1.54, 1.807) is 0 Å². The quantitative estimate of drug-likeness (QED) is 0.375. The van der Waals surface area contributed by atoms with Crippen LogP contribution in [0.5, 0.6) is 0 Å². The molecular weight excluding hydrogens is 232 g/mol. The van der Waals surface area contributed by atoms with E-state index >= 15 is 0 Å². The summed E-state index contributed by atoms with van der Waals surface area (Å²) >= 11 is 5.51. The standard InChI is InChI=1S/C15H21ClO/c1-2-3-4-5-6-7-13-8-10-14(11-9-13)15(17)12-16/h8-11H,2-7,12H2,1H3. The van der Waals surface area contributed by atoms with E-state index in [0.29, 0.717) is 0 Å². The van der Waals surface area contributed by atoms with Crippen LogP contribution in [0.1, 0.15) is 54.9 Å². The van der Waals surface area contributed by atoms with Gasteiger partial charge in [0.05, 0.1) is 5.88 Å². The molecule has 94 valence electrons. The molecule has 0 bridgehead atoms. The number of hydrogen-bond donors (Lipinski definition) is 0. The minimum atomic E-state index is 0.00108. The molecule has 0 amide bonds. The van der Waals surface area contributed by atoms with Crippen LogP contribution in [0, 0.1) is 0 Å². The first kappa shape index (κ1) is 14.2. The Morgan fingerprint density at radius 3 is 2.29 bits per heavy atom. The maximum absolute atomic E-state index is 11.3. The van der Waals surface area contributed by atoms with Gasteiger partial charge >= 0.3 is 0 Å². The van der Waals surface area contributed by atoms with E-state index in [1.807, 2.05) is 24.3 Å². The van der Waals surface area contributed by atoms with Crippen molar-refractivity contribution in [3.63, 3.8) is 0 Å². The number of aryl methyl sites for hydroxylation is 1. The van der Waals surface area contributed by atoms with Crippen LogP contribution in [0.25, 0.3) is 0 Å². The first-order chi connectivity index (χ1) is 8.27. The normalized spacial score (nSPS) is 10.5. The fourth-order valence-corrected chi connectivity index (χ4v) is 2.02. The summed E-state index contributed by atoms with van der Waals surface area (Å²) < 4.78 is 0. The number of carbonyl (C=O) groups excluding carboxylic acids is 1. The third-order valence-corrected chi connectivity index (χ3v) is 3.21. The topological polar surface area (TPSA) is 17.1 Å². The molecule has 0 heterocycles. The van der Waals surface area contributed by atoms with Gasteiger partial charge in [-0.1, -0.05) is 56.9 Å². The minimum Gasteiger partial charge on any atom is -0.293 e. The van der Waals surface area contributed by atoms with Gasteiger partial charge in [-0.05, 0) is 18.4 Å². The summed E-state index contributed by atoms with van der Waals surface area (Å²) in [5.74, 6) is 0.0669. The molecule has 1 aromatic carbocycles. The predicted molar refractivity (Wildman–Crippen MR) is 74.0 cm³/mol. The Morgan fingerprint density at radius 1 is 1.06 bits per heavy atom. The summed E-state index contributed by atoms with van der Waals surface area (Å²) in [6, 6.07) is 7.84. The smallest absolute Gasteiger partial charge is 0.177 e. The molecule has 0 radical (unpaired) electrons. The van der Waals surface area contributed by atoms with Gasteiger partial charge in [-0.2, -0.15) is 0 Å². The summed E-state index contributed by atoms with van der Waals surface area (Å²) in [4.78, 5) is 11.3. The van der Waals surface area contributed by atoms with Crippen molar-refractivity contribution in [2.24, 2.45) is 0 Å². The zero-order chi connectivity index (χ0) is 12.5. The molecule has 0 N–H and O–H groups in total. The van der Waals surface area contributed by atoms with Crippen LogP contribution in [0.15, 0.2) is 24.3 Å². The molecule has 2 heteroatoms. The summed E-state index contributed by atoms with van der Waals surface area (Å²) in [5.41, 5.74) is 2.03. The van der Waals surface area contributed by atoms with Crippen LogP contribution in [-0.4, -0.2) is 11.7 Å². The van der Waals surface area contributed by atoms with Crippen molar-refractivity contribution >= 4 is 17.4 Å². The summed E-state index contributed by atoms with van der Waals surface area (Å²) in [5, 5.41) is 0. The van der Waals surface area contributed by atoms with Crippen LogP contribution < -0.4 is 0 Å². The number of halogens is 1. The lowest BCUT2D eigenvalue weighted by Crippen LogP contribution is -2.00. The first-order valence-corrected chi connectivity index (χ1v) is 6.99. The van der Waals surface area contributed by atoms with Gasteiger partial charge in [-0.15, -0.1) is 11.6 Å². The van der Waals surface area contributed by atoms with Gasteiger partial charge in [0.2, 0.25) is 0 Å². The molecule has 0 spiro atoms. The van der Waals surface area contributed by atoms with E-state index in [9.17, 15) is 4.79 Å². The van der Waals surface area contributed by atoms with Gasteiger partial charge in [0.25, 0.3) is 0 Å². The van der Waals surface area contributed by atoms with Crippen molar-refractivity contribution < 1.29 is 4.79 Å². The van der Waals surface area contributed by atoms with Crippen molar-refractivity contribution in [2.75, 3.05) is 5.88 Å². The Kier molecular flexibility index (Phi) is 6.95. The minimum absolute atomic E-state index is 0.00108. The monoisotopic (exact) mass is 252 g/mol. The second-order valence-corrected chi connectivity index (χ2v) is 4.69. The van der Waals surface area contributed by atoms with Crippen LogP contribution in [0.3, 0.4) is 0 Å². The second kappa shape index (κ2) is 8.30. The lowest BCUT2D eigenvalue weighted by atomic mass is 10.0. The van der Waals surface area contributed by atoms with Crippen molar-refractivity contribution in [3.8, 4) is 0 Å². The summed E-state index contributed by atoms with van der Waals surface area (Å²) in [6.45, 7) is 2.23. The highest BCUT2D eigenvalue weighted by atomic mass is 35.5. The molecule has 0 fully saturated rings. The fraction of sp³-hybridized carbons (Fsp3) is 0.533. The number of unbranched alkanes of at least 4 members (excludes halogenated alkanes) is 4. The van der Waals surface area contributed by atoms with Crippen molar-refractivity contribution in [3.05, 3.63) is 35.4 Å². The lowest BCUT2D eigenvalue weighted by molar-refractivity contribution is 0.102. The van der Waals surface area contributed by atoms with Crippen LogP contribution in [0.2, 0.25) is 0 Å². The van der Waals surface area contributed by atoms with E-state index in [2.05, 4.69) is 6.92 Å². The molecular formula is C15H21ClO. The van der Waals surface area contributed by atoms with E-state index in [0.717, 1.165) is 12.0 Å². The molecule has 0 unspecified atom stereocenters. The van der Waals surface area contributed by atoms with Gasteiger partial charge in [0.15, 0.2) is 5.78 Å². The lowest BCUT2D eigenvalue weighted by Gasteiger charge is -2.03. The molecule has 0 aromatic heterocycles. The maximum Gasteiger partial charge on any atom is 0.177 e. The number of rotatable bonds is 8. The molecule has 0 aliphatic heterocycles. The van der Waals surface area contributed by atoms with Crippen molar-refractivity contribution in [1.29, 1.82) is 0 Å². The average Bonchev–Trinajstić information content (AvgIpc) is 2.38. The van der Waals surface area contributed by atoms with E-state index < -0.39 is 0 Å². The van der Waals surface area contributed by atoms with Crippen LogP contribution >= 0.6 is 11.6 Å². The number of alkyl halides is 1. The molecule has 1 nitrogen and oxygen atoms in total. The number of benzene rings is 1. The first-order valence-electron chi connectivity index (χ1n) is 6.46. The van der Waals surface area contributed by atoms with Crippen molar-refractivity contribution in [1.82, 2.24) is 0 Å². The van der Waals surface area contributed by atoms with Crippen LogP contribution in [0.4, 0.5) is 0 Å². The fourth-order valence-electron chi connectivity index (χ4n) is 1.87. The van der Waals surface area contributed by atoms with Crippen molar-refractivity contribution in [2.45, 2.75) is 45.4 Å². The highest BCUT2D eigenvalue weighted by Crippen LogP contribution is 2.11. The Labute approximate surface area is 109 Å². The highest BCUT2D eigenvalue weighted by molar-refractivity contribution is 6.30. The molecule has 17 heavy (non-hydrogen) atoms. The Hall–Kier alpha value is -0.820. The molecule has 0 aliphatic rings. The SMILES string of the molecule is CCCCCCCc1ccc(C(=O)CCl)cc1. The van der Waals surface area contributed by atoms with Gasteiger partial charge in [0.1, 0.15) is 0 Å². The Bertz CT molecular complexity index is 329. The van der Waals surface area contributed by atoms with Crippen LogP contribution in [-0.2, 0) is 6.42 Å². The second-order valence-electron chi connectivity index (χ2n) is 4.42. The summed E-state index contributed by atoms with van der Waals surface area (Å²) in [6.07, 6.45) is 7.61. The third-order valence-electron chi connectivity index (χ3n) is 2.97. The van der Waals surface area contributed by atoms with Gasteiger partial charge in [0, 0.05) is 5.56 Å². The molecule has 1 aromatic rings. The van der Waals surface area contributed by atoms with Gasteiger partial charge in [-0.3, -0.25) is 4.79 Å². The van der Waals surface area contributed by atoms with Gasteiger partial charge < -0.3 is 0 Å². The van der Waals surface area contributed by atoms with E-state index in [-0.39, 0.29) is 11.7 Å². The highest BCUT2D eigenvalue weighted by Gasteiger charge is 2.03. The van der Waals surface area contributed by atoms with Gasteiger partial charge in [-0.25, -0.2) is 0 Å². The number of Topliss-reactive ketones (excluding diaryl/α,β-unsaturated/α-hetero) is 1. The zero-order valence-corrected chi connectivity index (χ0v) is 11.3. The largest absolute Gasteiger partial charge is 0.293 e. The molecule has 0 aliphatic carbocycles.